The fraction of sp³-hybridized carbons (Fsp3) is 0.529. The highest BCUT2D eigenvalue weighted by atomic mass is 16.6. The van der Waals surface area contributed by atoms with Gasteiger partial charge in [0.1, 0.15) is 0 Å². The lowest BCUT2D eigenvalue weighted by atomic mass is 9.85. The van der Waals surface area contributed by atoms with Crippen molar-refractivity contribution < 1.29 is 19.6 Å². The molecule has 26 heavy (non-hydrogen) atoms. The largest absolute Gasteiger partial charge is 0.480 e. The molecule has 0 saturated heterocycles. The molecule has 1 aliphatic carbocycles. The van der Waals surface area contributed by atoms with E-state index in [-0.39, 0.29) is 36.4 Å². The van der Waals surface area contributed by atoms with Gasteiger partial charge in [-0.05, 0) is 31.9 Å². The number of hydrogen-bond acceptors (Lipinski definition) is 5. The average molecular weight is 364 g/mol. The number of nitro groups is 1. The molecule has 0 heterocycles. The van der Waals surface area contributed by atoms with E-state index in [9.17, 15) is 19.7 Å². The Morgan fingerprint density at radius 3 is 2.46 bits per heavy atom. The molecule has 3 N–H and O–H groups in total. The molecule has 9 nitrogen and oxygen atoms in total. The quantitative estimate of drug-likeness (QED) is 0.478. The summed E-state index contributed by atoms with van der Waals surface area (Å²) >= 11 is 0. The highest BCUT2D eigenvalue weighted by Crippen LogP contribution is 2.25. The number of hydrogen-bond donors (Lipinski definition) is 3. The standard InChI is InChI=1S/C17H24N4O5/c1-3-20(10-16(22)23)15-8-13(9-15)19-17(24)18-11(2)12-4-6-14(7-5-12)21(25)26/h4-7,11,13,15H,3,8-10H2,1-2H3,(H,22,23)(H2,18,19,24)/t11-,13?,15?/m0/s1. The van der Waals surface area contributed by atoms with Gasteiger partial charge in [0.15, 0.2) is 0 Å². The van der Waals surface area contributed by atoms with Crippen LogP contribution in [0, 0.1) is 10.1 Å². The van der Waals surface area contributed by atoms with E-state index >= 15 is 0 Å². The molecule has 0 aliphatic heterocycles. The monoisotopic (exact) mass is 364 g/mol. The molecular formula is C17H24N4O5. The first-order valence-electron chi connectivity index (χ1n) is 8.57. The van der Waals surface area contributed by atoms with Crippen molar-refractivity contribution in [2.45, 2.75) is 44.8 Å². The summed E-state index contributed by atoms with van der Waals surface area (Å²) in [6, 6.07) is 5.65. The van der Waals surface area contributed by atoms with E-state index in [2.05, 4.69) is 10.6 Å². The summed E-state index contributed by atoms with van der Waals surface area (Å²) in [7, 11) is 0. The van der Waals surface area contributed by atoms with Crippen molar-refractivity contribution >= 4 is 17.7 Å². The molecule has 2 rings (SSSR count). The van der Waals surface area contributed by atoms with Crippen LogP contribution in [0.5, 0.6) is 0 Å². The lowest BCUT2D eigenvalue weighted by molar-refractivity contribution is -0.384. The van der Waals surface area contributed by atoms with Crippen molar-refractivity contribution in [3.05, 3.63) is 39.9 Å². The lowest BCUT2D eigenvalue weighted by Crippen LogP contribution is -2.56. The highest BCUT2D eigenvalue weighted by Gasteiger charge is 2.34. The summed E-state index contributed by atoms with van der Waals surface area (Å²) in [5, 5.41) is 25.2. The number of aliphatic carboxylic acids is 1. The van der Waals surface area contributed by atoms with Crippen LogP contribution in [-0.4, -0.2) is 52.1 Å². The van der Waals surface area contributed by atoms with Crippen LogP contribution in [0.4, 0.5) is 10.5 Å². The molecule has 9 heteroatoms. The minimum atomic E-state index is -0.849. The van der Waals surface area contributed by atoms with Gasteiger partial charge in [-0.1, -0.05) is 19.1 Å². The number of carboxylic acids is 1. The van der Waals surface area contributed by atoms with Gasteiger partial charge in [0, 0.05) is 24.2 Å². The third-order valence-corrected chi connectivity index (χ3v) is 4.66. The predicted molar refractivity (Wildman–Crippen MR) is 94.9 cm³/mol. The molecule has 1 aromatic rings. The Kier molecular flexibility index (Phi) is 6.51. The number of nitrogens with one attached hydrogen (secondary N) is 2. The maximum absolute atomic E-state index is 12.1. The van der Waals surface area contributed by atoms with Gasteiger partial charge in [-0.3, -0.25) is 19.8 Å². The first kappa shape index (κ1) is 19.6. The molecule has 0 unspecified atom stereocenters. The van der Waals surface area contributed by atoms with Crippen molar-refractivity contribution in [3.63, 3.8) is 0 Å². The molecule has 142 valence electrons. The van der Waals surface area contributed by atoms with Crippen LogP contribution in [0.25, 0.3) is 0 Å². The van der Waals surface area contributed by atoms with Gasteiger partial charge >= 0.3 is 12.0 Å². The summed E-state index contributed by atoms with van der Waals surface area (Å²) in [4.78, 5) is 35.0. The van der Waals surface area contributed by atoms with Crippen molar-refractivity contribution in [3.8, 4) is 0 Å². The Morgan fingerprint density at radius 2 is 1.96 bits per heavy atom. The van der Waals surface area contributed by atoms with E-state index in [0.717, 1.165) is 18.4 Å². The fourth-order valence-electron chi connectivity index (χ4n) is 3.07. The lowest BCUT2D eigenvalue weighted by Gasteiger charge is -2.42. The molecule has 1 fully saturated rings. The normalized spacial score (nSPS) is 20.1. The smallest absolute Gasteiger partial charge is 0.317 e. The molecule has 2 amide bonds. The number of amides is 2. The number of nitro benzene ring substituents is 1. The zero-order valence-corrected chi connectivity index (χ0v) is 14.8. The number of carbonyl (C=O) groups excluding carboxylic acids is 1. The highest BCUT2D eigenvalue weighted by molar-refractivity contribution is 5.75. The minimum absolute atomic E-state index is 0.00718. The van der Waals surface area contributed by atoms with Gasteiger partial charge in [-0.15, -0.1) is 0 Å². The van der Waals surface area contributed by atoms with E-state index in [1.165, 1.54) is 12.1 Å². The molecular weight excluding hydrogens is 340 g/mol. The molecule has 0 spiro atoms. The number of urea groups is 1. The average Bonchev–Trinajstić information content (AvgIpc) is 2.55. The van der Waals surface area contributed by atoms with Crippen LogP contribution in [0.3, 0.4) is 0 Å². The van der Waals surface area contributed by atoms with Crippen LogP contribution in [0.1, 0.15) is 38.3 Å². The summed E-state index contributed by atoms with van der Waals surface area (Å²) < 4.78 is 0. The number of carbonyl (C=O) groups is 2. The Balaban J connectivity index is 1.77. The fourth-order valence-corrected chi connectivity index (χ4v) is 3.07. The van der Waals surface area contributed by atoms with E-state index in [4.69, 9.17) is 5.11 Å². The van der Waals surface area contributed by atoms with Crippen LogP contribution >= 0.6 is 0 Å². The number of non-ortho nitro benzene ring substituents is 1. The second-order valence-corrected chi connectivity index (χ2v) is 6.47. The Bertz CT molecular complexity index is 658. The van der Waals surface area contributed by atoms with Crippen molar-refractivity contribution in [1.29, 1.82) is 0 Å². The SMILES string of the molecule is CCN(CC(=O)O)C1CC(NC(=O)N[C@@H](C)c2ccc([N+](=O)[O-])cc2)C1. The van der Waals surface area contributed by atoms with Crippen molar-refractivity contribution in [2.24, 2.45) is 0 Å². The third-order valence-electron chi connectivity index (χ3n) is 4.66. The van der Waals surface area contributed by atoms with Crippen LogP contribution in [-0.2, 0) is 4.79 Å². The van der Waals surface area contributed by atoms with E-state index in [0.29, 0.717) is 6.54 Å². The number of carboxylic acid groups (broad SMARTS) is 1. The summed E-state index contributed by atoms with van der Waals surface area (Å²) in [5.41, 5.74) is 0.781. The van der Waals surface area contributed by atoms with Gasteiger partial charge in [0.2, 0.25) is 0 Å². The van der Waals surface area contributed by atoms with Crippen LogP contribution in [0.15, 0.2) is 24.3 Å². The second-order valence-electron chi connectivity index (χ2n) is 6.47. The van der Waals surface area contributed by atoms with E-state index < -0.39 is 10.9 Å². The van der Waals surface area contributed by atoms with Gasteiger partial charge in [-0.2, -0.15) is 0 Å². The summed E-state index contributed by atoms with van der Waals surface area (Å²) in [6.45, 7) is 4.39. The number of likely N-dealkylation sites (N-methyl/N-ethyl adjacent to an activating group) is 1. The Morgan fingerprint density at radius 1 is 1.35 bits per heavy atom. The number of nitrogens with zero attached hydrogens (tertiary/aromatic N) is 2. The minimum Gasteiger partial charge on any atom is -0.480 e. The van der Waals surface area contributed by atoms with Crippen LogP contribution < -0.4 is 10.6 Å². The van der Waals surface area contributed by atoms with Gasteiger partial charge in [0.05, 0.1) is 17.5 Å². The molecule has 1 atom stereocenters. The van der Waals surface area contributed by atoms with Crippen LogP contribution in [0.2, 0.25) is 0 Å². The van der Waals surface area contributed by atoms with Gasteiger partial charge in [0.25, 0.3) is 5.69 Å². The first-order valence-corrected chi connectivity index (χ1v) is 8.57. The number of benzene rings is 1. The summed E-state index contributed by atoms with van der Waals surface area (Å²) in [5.74, 6) is -0.849. The molecule has 1 aromatic carbocycles. The third kappa shape index (κ3) is 5.16. The summed E-state index contributed by atoms with van der Waals surface area (Å²) in [6.07, 6.45) is 1.45. The van der Waals surface area contributed by atoms with Gasteiger partial charge < -0.3 is 15.7 Å². The molecule has 1 saturated carbocycles. The zero-order valence-electron chi connectivity index (χ0n) is 14.8. The molecule has 0 bridgehead atoms. The van der Waals surface area contributed by atoms with E-state index in [1.54, 1.807) is 19.1 Å². The van der Waals surface area contributed by atoms with E-state index in [1.807, 2.05) is 11.8 Å². The van der Waals surface area contributed by atoms with Gasteiger partial charge in [-0.25, -0.2) is 4.79 Å². The first-order chi connectivity index (χ1) is 12.3. The maximum atomic E-state index is 12.1. The van der Waals surface area contributed by atoms with Crippen molar-refractivity contribution in [1.82, 2.24) is 15.5 Å². The molecule has 0 aromatic heterocycles. The van der Waals surface area contributed by atoms with Crippen molar-refractivity contribution in [2.75, 3.05) is 13.1 Å². The Hall–Kier alpha value is -2.68. The second kappa shape index (κ2) is 8.61. The number of rotatable bonds is 8. The predicted octanol–water partition coefficient (Wildman–Crippen LogP) is 1.89. The molecule has 1 aliphatic rings. The molecule has 0 radical (unpaired) electrons. The Labute approximate surface area is 151 Å². The maximum Gasteiger partial charge on any atom is 0.317 e. The topological polar surface area (TPSA) is 125 Å². The zero-order chi connectivity index (χ0) is 19.3.